The van der Waals surface area contributed by atoms with E-state index in [0.717, 1.165) is 25.7 Å². The number of hydrogen-bond donors (Lipinski definition) is 0. The van der Waals surface area contributed by atoms with Crippen LogP contribution in [0.3, 0.4) is 0 Å². The highest BCUT2D eigenvalue weighted by molar-refractivity contribution is 6.36. The number of carbonyl (C=O) groups is 2. The lowest BCUT2D eigenvalue weighted by atomic mass is 9.98. The zero-order valence-electron chi connectivity index (χ0n) is 7.13. The number of carbonyl (C=O) groups excluding carboxylic acids is 2. The Morgan fingerprint density at radius 3 is 2.67 bits per heavy atom. The van der Waals surface area contributed by atoms with Crippen LogP contribution >= 0.6 is 0 Å². The van der Waals surface area contributed by atoms with Crippen LogP contribution < -0.4 is 0 Å². The third-order valence-electron chi connectivity index (χ3n) is 3.23. The summed E-state index contributed by atoms with van der Waals surface area (Å²) in [6.07, 6.45) is 4.02. The van der Waals surface area contributed by atoms with Crippen LogP contribution in [0, 0.1) is 11.3 Å². The largest absolute Gasteiger partial charge is 0.463 e. The van der Waals surface area contributed by atoms with Crippen molar-refractivity contribution in [3.8, 4) is 0 Å². The number of ether oxygens (including phenoxy) is 1. The van der Waals surface area contributed by atoms with E-state index in [1.807, 2.05) is 0 Å². The van der Waals surface area contributed by atoms with Gasteiger partial charge in [-0.25, -0.2) is 4.79 Å². The van der Waals surface area contributed by atoms with Crippen molar-refractivity contribution >= 4 is 11.8 Å². The van der Waals surface area contributed by atoms with Gasteiger partial charge < -0.3 is 4.74 Å². The number of hydrogen-bond acceptors (Lipinski definition) is 3. The molecule has 2 fully saturated rings. The first-order valence-electron chi connectivity index (χ1n) is 4.33. The number of ketones is 1. The van der Waals surface area contributed by atoms with E-state index in [1.54, 1.807) is 0 Å². The molecule has 0 saturated heterocycles. The Kier molecular flexibility index (Phi) is 1.50. The van der Waals surface area contributed by atoms with Crippen molar-refractivity contribution in [2.45, 2.75) is 25.7 Å². The molecule has 3 heteroatoms. The van der Waals surface area contributed by atoms with Crippen LogP contribution in [0.4, 0.5) is 0 Å². The highest BCUT2D eigenvalue weighted by Crippen LogP contribution is 2.64. The molecule has 0 aromatic carbocycles. The Morgan fingerprint density at radius 2 is 2.25 bits per heavy atom. The Bertz CT molecular complexity index is 246. The van der Waals surface area contributed by atoms with Gasteiger partial charge in [-0.1, -0.05) is 6.42 Å². The van der Waals surface area contributed by atoms with Crippen LogP contribution in [-0.2, 0) is 14.3 Å². The minimum atomic E-state index is -0.653. The molecule has 2 unspecified atom stereocenters. The van der Waals surface area contributed by atoms with Crippen LogP contribution in [-0.4, -0.2) is 18.9 Å². The number of methoxy groups -OCH3 is 1. The van der Waals surface area contributed by atoms with Crippen molar-refractivity contribution in [1.82, 2.24) is 0 Å². The summed E-state index contributed by atoms with van der Waals surface area (Å²) in [6.45, 7) is 0. The SMILES string of the molecule is COC(=O)C(=O)C12CCCC1C2. The quantitative estimate of drug-likeness (QED) is 0.455. The van der Waals surface area contributed by atoms with Gasteiger partial charge in [0, 0.05) is 5.41 Å². The van der Waals surface area contributed by atoms with Gasteiger partial charge in [-0.15, -0.1) is 0 Å². The summed E-state index contributed by atoms with van der Waals surface area (Å²) in [7, 11) is 1.27. The molecular weight excluding hydrogens is 156 g/mol. The molecule has 0 N–H and O–H groups in total. The molecule has 0 spiro atoms. The lowest BCUT2D eigenvalue weighted by Crippen LogP contribution is -2.26. The Morgan fingerprint density at radius 1 is 1.50 bits per heavy atom. The molecule has 3 nitrogen and oxygen atoms in total. The van der Waals surface area contributed by atoms with Crippen LogP contribution in [0.15, 0.2) is 0 Å². The fraction of sp³-hybridized carbons (Fsp3) is 0.778. The molecule has 2 rings (SSSR count). The number of fused-ring (bicyclic) bond motifs is 1. The Hall–Kier alpha value is -0.860. The van der Waals surface area contributed by atoms with Gasteiger partial charge in [0.2, 0.25) is 5.78 Å². The predicted molar refractivity (Wildman–Crippen MR) is 41.4 cm³/mol. The maximum Gasteiger partial charge on any atom is 0.374 e. The fourth-order valence-electron chi connectivity index (χ4n) is 2.42. The molecule has 0 radical (unpaired) electrons. The van der Waals surface area contributed by atoms with E-state index in [1.165, 1.54) is 7.11 Å². The molecular formula is C9H12O3. The first kappa shape index (κ1) is 7.77. The second-order valence-corrected chi connectivity index (χ2v) is 3.77. The molecule has 2 saturated carbocycles. The third kappa shape index (κ3) is 0.822. The molecule has 0 aromatic rings. The van der Waals surface area contributed by atoms with Crippen LogP contribution in [0.25, 0.3) is 0 Å². The maximum absolute atomic E-state index is 11.5. The average Bonchev–Trinajstić information content (AvgIpc) is 2.67. The van der Waals surface area contributed by atoms with Gasteiger partial charge in [0.05, 0.1) is 7.11 Å². The normalized spacial score (nSPS) is 37.2. The third-order valence-corrected chi connectivity index (χ3v) is 3.23. The molecule has 0 amide bonds. The second kappa shape index (κ2) is 2.31. The summed E-state index contributed by atoms with van der Waals surface area (Å²) in [4.78, 5) is 22.4. The first-order valence-corrected chi connectivity index (χ1v) is 4.33. The predicted octanol–water partition coefficient (Wildman–Crippen LogP) is 0.919. The van der Waals surface area contributed by atoms with Crippen LogP contribution in [0.2, 0.25) is 0 Å². The van der Waals surface area contributed by atoms with E-state index in [4.69, 9.17) is 0 Å². The van der Waals surface area contributed by atoms with E-state index in [0.29, 0.717) is 5.92 Å². The Balaban J connectivity index is 2.10. The standard InChI is InChI=1S/C9H12O3/c1-12-8(11)7(10)9-4-2-3-6(9)5-9/h6H,2-5H2,1H3. The van der Waals surface area contributed by atoms with Crippen molar-refractivity contribution in [3.05, 3.63) is 0 Å². The molecule has 2 aliphatic rings. The molecule has 2 atom stereocenters. The molecule has 66 valence electrons. The number of Topliss-reactive ketones (excluding diaryl/α,β-unsaturated/α-hetero) is 1. The maximum atomic E-state index is 11.5. The number of rotatable bonds is 2. The minimum absolute atomic E-state index is 0.271. The lowest BCUT2D eigenvalue weighted by molar-refractivity contribution is -0.154. The first-order chi connectivity index (χ1) is 5.70. The van der Waals surface area contributed by atoms with Crippen molar-refractivity contribution in [2.24, 2.45) is 11.3 Å². The average molecular weight is 168 g/mol. The van der Waals surface area contributed by atoms with E-state index in [2.05, 4.69) is 4.74 Å². The summed E-state index contributed by atoms with van der Waals surface area (Å²) in [5.41, 5.74) is -0.271. The van der Waals surface area contributed by atoms with Gasteiger partial charge in [-0.3, -0.25) is 4.79 Å². The molecule has 0 aromatic heterocycles. The highest BCUT2D eigenvalue weighted by atomic mass is 16.5. The molecule has 2 aliphatic carbocycles. The summed E-state index contributed by atoms with van der Waals surface area (Å²) < 4.78 is 4.43. The van der Waals surface area contributed by atoms with Gasteiger partial charge in [0.25, 0.3) is 0 Å². The van der Waals surface area contributed by atoms with Crippen molar-refractivity contribution in [3.63, 3.8) is 0 Å². The van der Waals surface area contributed by atoms with Gasteiger partial charge in [-0.05, 0) is 25.2 Å². The lowest BCUT2D eigenvalue weighted by Gasteiger charge is -2.06. The van der Waals surface area contributed by atoms with Gasteiger partial charge in [0.15, 0.2) is 0 Å². The van der Waals surface area contributed by atoms with E-state index in [9.17, 15) is 9.59 Å². The smallest absolute Gasteiger partial charge is 0.374 e. The second-order valence-electron chi connectivity index (χ2n) is 3.77. The molecule has 12 heavy (non-hydrogen) atoms. The summed E-state index contributed by atoms with van der Waals surface area (Å²) in [5, 5.41) is 0. The van der Waals surface area contributed by atoms with E-state index >= 15 is 0 Å². The van der Waals surface area contributed by atoms with Gasteiger partial charge in [-0.2, -0.15) is 0 Å². The van der Waals surface area contributed by atoms with E-state index < -0.39 is 5.97 Å². The Labute approximate surface area is 71.1 Å². The topological polar surface area (TPSA) is 43.4 Å². The minimum Gasteiger partial charge on any atom is -0.463 e. The summed E-state index contributed by atoms with van der Waals surface area (Å²) in [5.74, 6) is -0.448. The van der Waals surface area contributed by atoms with Gasteiger partial charge in [0.1, 0.15) is 0 Å². The zero-order valence-corrected chi connectivity index (χ0v) is 7.13. The van der Waals surface area contributed by atoms with Crippen LogP contribution in [0.5, 0.6) is 0 Å². The summed E-state index contributed by atoms with van der Waals surface area (Å²) in [6, 6.07) is 0. The van der Waals surface area contributed by atoms with Crippen molar-refractivity contribution in [2.75, 3.05) is 7.11 Å². The monoisotopic (exact) mass is 168 g/mol. The molecule has 0 bridgehead atoms. The number of esters is 1. The van der Waals surface area contributed by atoms with Crippen molar-refractivity contribution < 1.29 is 14.3 Å². The van der Waals surface area contributed by atoms with Crippen LogP contribution in [0.1, 0.15) is 25.7 Å². The fourth-order valence-corrected chi connectivity index (χ4v) is 2.42. The highest BCUT2D eigenvalue weighted by Gasteiger charge is 2.63. The summed E-state index contributed by atoms with van der Waals surface area (Å²) >= 11 is 0. The van der Waals surface area contributed by atoms with Gasteiger partial charge >= 0.3 is 5.97 Å². The zero-order chi connectivity index (χ0) is 8.77. The molecule has 0 aliphatic heterocycles. The van der Waals surface area contributed by atoms with E-state index in [-0.39, 0.29) is 11.2 Å². The van der Waals surface area contributed by atoms with Crippen molar-refractivity contribution in [1.29, 1.82) is 0 Å². The molecule has 0 heterocycles.